The number of rotatable bonds is 2. The Hall–Kier alpha value is -3.43. The van der Waals surface area contributed by atoms with E-state index >= 15 is 0 Å². The number of carbonyl (C=O) groups excluding carboxylic acids is 1. The summed E-state index contributed by atoms with van der Waals surface area (Å²) in [5.41, 5.74) is 2.60. The van der Waals surface area contributed by atoms with Crippen molar-refractivity contribution in [2.24, 2.45) is 0 Å². The van der Waals surface area contributed by atoms with Gasteiger partial charge in [-0.1, -0.05) is 12.1 Å². The van der Waals surface area contributed by atoms with Gasteiger partial charge in [0.05, 0.1) is 11.4 Å². The number of para-hydroxylation sites is 2. The van der Waals surface area contributed by atoms with Crippen LogP contribution >= 0.6 is 11.3 Å². The molecule has 3 aromatic heterocycles. The molecule has 5 rings (SSSR count). The van der Waals surface area contributed by atoms with Crippen molar-refractivity contribution < 1.29 is 14.3 Å². The highest BCUT2D eigenvalue weighted by atomic mass is 32.1. The molecule has 0 saturated heterocycles. The van der Waals surface area contributed by atoms with Crippen molar-refractivity contribution in [2.45, 2.75) is 13.5 Å². The van der Waals surface area contributed by atoms with E-state index in [4.69, 9.17) is 9.47 Å². The summed E-state index contributed by atoms with van der Waals surface area (Å²) >= 11 is 1.63. The first kappa shape index (κ1) is 21.4. The number of amides is 1. The largest absolute Gasteiger partial charge is 0.488 e. The molecule has 0 saturated carbocycles. The van der Waals surface area contributed by atoms with Crippen molar-refractivity contribution >= 4 is 22.2 Å². The number of pyridine rings is 1. The summed E-state index contributed by atoms with van der Waals surface area (Å²) in [6.07, 6.45) is 3.67. The minimum Gasteiger partial charge on any atom is -0.488 e. The van der Waals surface area contributed by atoms with Crippen LogP contribution < -0.4 is 9.47 Å². The van der Waals surface area contributed by atoms with Gasteiger partial charge in [0, 0.05) is 51.0 Å². The summed E-state index contributed by atoms with van der Waals surface area (Å²) in [5.74, 6) is 1.30. The fourth-order valence-electron chi connectivity index (χ4n) is 3.89. The van der Waals surface area contributed by atoms with Crippen LogP contribution in [0.25, 0.3) is 4.96 Å². The average molecular weight is 464 g/mol. The number of aryl methyl sites for hydroxylation is 1. The third kappa shape index (κ3) is 4.42. The molecule has 0 N–H and O–H groups in total. The van der Waals surface area contributed by atoms with E-state index < -0.39 is 0 Å². The number of benzene rings is 1. The van der Waals surface area contributed by atoms with E-state index in [1.165, 1.54) is 0 Å². The SMILES string of the molecule is Cc1nc2sccn2c1CN1CCOc2ccccc2Oc2ncccc2C(=O)N(C)CC1. The molecule has 0 atom stereocenters. The van der Waals surface area contributed by atoms with Gasteiger partial charge in [-0.2, -0.15) is 0 Å². The van der Waals surface area contributed by atoms with Gasteiger partial charge < -0.3 is 14.4 Å². The first-order valence-corrected chi connectivity index (χ1v) is 11.7. The lowest BCUT2D eigenvalue weighted by Gasteiger charge is -2.25. The van der Waals surface area contributed by atoms with Crippen LogP contribution in [0.5, 0.6) is 17.4 Å². The Balaban J connectivity index is 1.45. The van der Waals surface area contributed by atoms with E-state index in [-0.39, 0.29) is 11.8 Å². The minimum absolute atomic E-state index is 0.128. The molecule has 1 aliphatic heterocycles. The van der Waals surface area contributed by atoms with E-state index in [1.54, 1.807) is 34.6 Å². The number of ether oxygens (including phenoxy) is 2. The number of nitrogens with zero attached hydrogens (tertiary/aromatic N) is 5. The molecule has 9 heteroatoms. The van der Waals surface area contributed by atoms with Crippen LogP contribution in [0.2, 0.25) is 0 Å². The van der Waals surface area contributed by atoms with E-state index in [2.05, 4.69) is 25.5 Å². The van der Waals surface area contributed by atoms with Gasteiger partial charge in [-0.3, -0.25) is 14.1 Å². The molecule has 0 radical (unpaired) electrons. The van der Waals surface area contributed by atoms with Gasteiger partial charge in [-0.25, -0.2) is 9.97 Å². The zero-order valence-corrected chi connectivity index (χ0v) is 19.4. The second-order valence-electron chi connectivity index (χ2n) is 7.96. The van der Waals surface area contributed by atoms with Gasteiger partial charge >= 0.3 is 0 Å². The molecule has 0 bridgehead atoms. The lowest BCUT2D eigenvalue weighted by atomic mass is 10.2. The lowest BCUT2D eigenvalue weighted by molar-refractivity contribution is 0.0770. The first-order chi connectivity index (χ1) is 16.1. The van der Waals surface area contributed by atoms with Crippen LogP contribution in [0.15, 0.2) is 54.2 Å². The molecule has 1 aromatic carbocycles. The van der Waals surface area contributed by atoms with Crippen molar-refractivity contribution in [2.75, 3.05) is 33.3 Å². The maximum atomic E-state index is 13.2. The average Bonchev–Trinajstić information content (AvgIpc) is 3.39. The van der Waals surface area contributed by atoms with Crippen molar-refractivity contribution in [3.05, 3.63) is 71.1 Å². The van der Waals surface area contributed by atoms with Crippen LogP contribution in [0.1, 0.15) is 21.7 Å². The van der Waals surface area contributed by atoms with Crippen LogP contribution in [0.4, 0.5) is 0 Å². The van der Waals surface area contributed by atoms with E-state index in [1.807, 2.05) is 43.6 Å². The highest BCUT2D eigenvalue weighted by Gasteiger charge is 2.22. The molecule has 4 heterocycles. The summed E-state index contributed by atoms with van der Waals surface area (Å²) in [6, 6.07) is 10.9. The normalized spacial score (nSPS) is 15.6. The molecular formula is C24H25N5O3S. The summed E-state index contributed by atoms with van der Waals surface area (Å²) in [7, 11) is 1.81. The highest BCUT2D eigenvalue weighted by Crippen LogP contribution is 2.32. The van der Waals surface area contributed by atoms with Crippen molar-refractivity contribution in [3.63, 3.8) is 0 Å². The molecule has 1 aliphatic rings. The number of carbonyl (C=O) groups is 1. The Morgan fingerprint density at radius 3 is 2.82 bits per heavy atom. The zero-order valence-electron chi connectivity index (χ0n) is 18.6. The number of imidazole rings is 1. The molecule has 0 aliphatic carbocycles. The number of fused-ring (bicyclic) bond motifs is 3. The second-order valence-corrected chi connectivity index (χ2v) is 8.83. The summed E-state index contributed by atoms with van der Waals surface area (Å²) in [4.78, 5) is 27.2. The highest BCUT2D eigenvalue weighted by molar-refractivity contribution is 7.15. The molecule has 33 heavy (non-hydrogen) atoms. The topological polar surface area (TPSA) is 72.2 Å². The van der Waals surface area contributed by atoms with Gasteiger partial charge in [-0.15, -0.1) is 11.3 Å². The van der Waals surface area contributed by atoms with Crippen LogP contribution in [-0.4, -0.2) is 63.4 Å². The molecule has 1 amide bonds. The van der Waals surface area contributed by atoms with Gasteiger partial charge in [0.15, 0.2) is 16.5 Å². The third-order valence-corrected chi connectivity index (χ3v) is 6.51. The van der Waals surface area contributed by atoms with Gasteiger partial charge in [0.2, 0.25) is 5.88 Å². The number of likely N-dealkylation sites (N-methyl/N-ethyl adjacent to an activating group) is 1. The summed E-state index contributed by atoms with van der Waals surface area (Å²) < 4.78 is 14.3. The standard InChI is InChI=1S/C24H25N5O3S/c1-17-19(29-13-15-33-24(29)26-17)16-28-11-10-27(2)23(30)18-6-5-9-25-22(18)32-21-8-4-3-7-20(21)31-14-12-28/h3-9,13,15H,10-12,14,16H2,1-2H3. The monoisotopic (exact) mass is 463 g/mol. The molecule has 0 spiro atoms. The van der Waals surface area contributed by atoms with Crippen LogP contribution in [-0.2, 0) is 6.54 Å². The molecule has 4 aromatic rings. The lowest BCUT2D eigenvalue weighted by Crippen LogP contribution is -2.38. The Bertz CT molecular complexity index is 1280. The Kier molecular flexibility index (Phi) is 5.97. The Morgan fingerprint density at radius 1 is 1.09 bits per heavy atom. The second kappa shape index (κ2) is 9.21. The predicted octanol–water partition coefficient (Wildman–Crippen LogP) is 3.86. The maximum absolute atomic E-state index is 13.2. The van der Waals surface area contributed by atoms with Crippen molar-refractivity contribution in [1.29, 1.82) is 0 Å². The van der Waals surface area contributed by atoms with Crippen LogP contribution in [0, 0.1) is 6.92 Å². The molecule has 170 valence electrons. The number of hydrogen-bond donors (Lipinski definition) is 0. The summed E-state index contributed by atoms with van der Waals surface area (Å²) in [6.45, 7) is 5.19. The predicted molar refractivity (Wildman–Crippen MR) is 126 cm³/mol. The smallest absolute Gasteiger partial charge is 0.259 e. The Labute approximate surface area is 196 Å². The first-order valence-electron chi connectivity index (χ1n) is 10.8. The minimum atomic E-state index is -0.128. The van der Waals surface area contributed by atoms with E-state index in [9.17, 15) is 4.79 Å². The van der Waals surface area contributed by atoms with Gasteiger partial charge in [0.25, 0.3) is 5.91 Å². The number of aromatic nitrogens is 3. The van der Waals surface area contributed by atoms with Crippen LogP contribution in [0.3, 0.4) is 0 Å². The van der Waals surface area contributed by atoms with E-state index in [0.29, 0.717) is 49.8 Å². The quantitative estimate of drug-likeness (QED) is 0.450. The van der Waals surface area contributed by atoms with Crippen molar-refractivity contribution in [1.82, 2.24) is 24.2 Å². The van der Waals surface area contributed by atoms with E-state index in [0.717, 1.165) is 16.3 Å². The van der Waals surface area contributed by atoms with Gasteiger partial charge in [0.1, 0.15) is 12.2 Å². The molecule has 0 fully saturated rings. The zero-order chi connectivity index (χ0) is 22.8. The summed E-state index contributed by atoms with van der Waals surface area (Å²) in [5, 5.41) is 2.04. The molecule has 8 nitrogen and oxygen atoms in total. The maximum Gasteiger partial charge on any atom is 0.259 e. The molecular weight excluding hydrogens is 438 g/mol. The van der Waals surface area contributed by atoms with Gasteiger partial charge in [-0.05, 0) is 31.2 Å². The fourth-order valence-corrected chi connectivity index (χ4v) is 4.67. The number of thiazole rings is 1. The van der Waals surface area contributed by atoms with Crippen molar-refractivity contribution in [3.8, 4) is 17.4 Å². The third-order valence-electron chi connectivity index (χ3n) is 5.76. The Morgan fingerprint density at radius 2 is 1.94 bits per heavy atom. The molecule has 0 unspecified atom stereocenters. The number of hydrogen-bond acceptors (Lipinski definition) is 7. The fraction of sp³-hybridized carbons (Fsp3) is 0.292.